The second-order valence-electron chi connectivity index (χ2n) is 5.88. The summed E-state index contributed by atoms with van der Waals surface area (Å²) in [7, 11) is -4.16. The van der Waals surface area contributed by atoms with Gasteiger partial charge in [0.15, 0.2) is 0 Å². The Bertz CT molecular complexity index is 834. The average Bonchev–Trinajstić information content (AvgIpc) is 3.14. The molecule has 154 valence electrons. The van der Waals surface area contributed by atoms with Gasteiger partial charge in [0, 0.05) is 24.6 Å². The number of hydrogen-bond donors (Lipinski definition) is 1. The Kier molecular flexibility index (Phi) is 8.56. The van der Waals surface area contributed by atoms with E-state index >= 15 is 0 Å². The van der Waals surface area contributed by atoms with Crippen LogP contribution >= 0.6 is 35.7 Å². The zero-order valence-corrected chi connectivity index (χ0v) is 18.0. The number of allylic oxidation sites excluding steroid dienone is 4. The van der Waals surface area contributed by atoms with Crippen molar-refractivity contribution in [2.45, 2.75) is 12.8 Å². The lowest BCUT2D eigenvalue weighted by Gasteiger charge is -2.18. The first-order valence-corrected chi connectivity index (χ1v) is 12.1. The number of aliphatic carboxylic acids is 1. The Balaban J connectivity index is 1.88. The second-order valence-corrected chi connectivity index (χ2v) is 10.2. The van der Waals surface area contributed by atoms with Crippen molar-refractivity contribution in [1.29, 1.82) is 0 Å². The van der Waals surface area contributed by atoms with Crippen molar-refractivity contribution in [1.82, 2.24) is 9.80 Å². The van der Waals surface area contributed by atoms with Gasteiger partial charge in [-0.1, -0.05) is 36.1 Å². The lowest BCUT2D eigenvalue weighted by Crippen LogP contribution is -2.33. The molecule has 2 aliphatic rings. The number of hydrogen-bond acceptors (Lipinski definition) is 9. The molecule has 0 saturated carbocycles. The van der Waals surface area contributed by atoms with E-state index in [2.05, 4.69) is 4.90 Å². The van der Waals surface area contributed by atoms with Gasteiger partial charge in [0.2, 0.25) is 0 Å². The van der Waals surface area contributed by atoms with Crippen LogP contribution in [0.15, 0.2) is 34.2 Å². The van der Waals surface area contributed by atoms with Crippen LogP contribution in [-0.2, 0) is 19.7 Å². The molecule has 2 rings (SSSR count). The number of thioether (sulfide) groups is 2. The van der Waals surface area contributed by atoms with E-state index in [0.717, 1.165) is 34.0 Å². The lowest BCUT2D eigenvalue weighted by molar-refractivity contribution is -0.140. The normalized spacial score (nSPS) is 21.0. The summed E-state index contributed by atoms with van der Waals surface area (Å²) in [5.74, 6) is -0.954. The number of thiocarbonyl (C=S) groups is 1. The number of carbonyl (C=O) groups excluding carboxylic acids is 1. The van der Waals surface area contributed by atoms with E-state index in [4.69, 9.17) is 17.3 Å². The van der Waals surface area contributed by atoms with Gasteiger partial charge in [0.05, 0.1) is 20.1 Å². The topological polar surface area (TPSA) is 118 Å². The van der Waals surface area contributed by atoms with Crippen LogP contribution < -0.4 is 0 Å². The van der Waals surface area contributed by atoms with Crippen LogP contribution in [0.25, 0.3) is 0 Å². The number of nitrogens with zero attached hydrogens (tertiary/aromatic N) is 2. The zero-order chi connectivity index (χ0) is 20.7. The second kappa shape index (κ2) is 10.4. The van der Waals surface area contributed by atoms with E-state index in [1.54, 1.807) is 30.0 Å². The first-order valence-electron chi connectivity index (χ1n) is 8.33. The molecule has 0 unspecified atom stereocenters. The van der Waals surface area contributed by atoms with E-state index in [-0.39, 0.29) is 10.1 Å². The van der Waals surface area contributed by atoms with Crippen LogP contribution in [0.1, 0.15) is 12.8 Å². The highest BCUT2D eigenvalue weighted by molar-refractivity contribution is 8.26. The summed E-state index contributed by atoms with van der Waals surface area (Å²) < 4.78 is 32.1. The predicted molar refractivity (Wildman–Crippen MR) is 113 cm³/mol. The van der Waals surface area contributed by atoms with Crippen LogP contribution in [0.4, 0.5) is 0 Å². The number of carboxylic acid groups (broad SMARTS) is 1. The Morgan fingerprint density at radius 1 is 1.29 bits per heavy atom. The van der Waals surface area contributed by atoms with E-state index in [0.29, 0.717) is 24.3 Å². The van der Waals surface area contributed by atoms with Crippen molar-refractivity contribution in [2.24, 2.45) is 0 Å². The molecule has 2 saturated heterocycles. The average molecular weight is 464 g/mol. The summed E-state index contributed by atoms with van der Waals surface area (Å²) in [5.41, 5.74) is 0. The van der Waals surface area contributed by atoms with E-state index in [9.17, 15) is 22.6 Å². The fourth-order valence-electron chi connectivity index (χ4n) is 2.49. The summed E-state index contributed by atoms with van der Waals surface area (Å²) >= 11 is 7.77. The molecule has 12 heteroatoms. The standard InChI is InChI=1S/C16H20N2O6S4/c19-14(20)11-18-15(21)12(27-16(18)25)5-1-2-6-13-17(8-9-26-13)7-3-4-10-28(22,23)24/h1-2,5-6H,3-4,7-11H2,(H,19,20)(H,22,23,24)/p-1. The summed E-state index contributed by atoms with van der Waals surface area (Å²) in [5, 5.41) is 9.85. The molecule has 2 heterocycles. The van der Waals surface area contributed by atoms with Gasteiger partial charge < -0.3 is 14.6 Å². The molecule has 28 heavy (non-hydrogen) atoms. The van der Waals surface area contributed by atoms with E-state index < -0.39 is 28.5 Å². The highest BCUT2D eigenvalue weighted by atomic mass is 32.2. The van der Waals surface area contributed by atoms with Crippen LogP contribution in [0.3, 0.4) is 0 Å². The van der Waals surface area contributed by atoms with Crippen molar-refractivity contribution < 1.29 is 27.7 Å². The number of amides is 1. The van der Waals surface area contributed by atoms with Crippen molar-refractivity contribution in [3.8, 4) is 0 Å². The number of carboxylic acids is 1. The first-order chi connectivity index (χ1) is 13.2. The third-order valence-corrected chi connectivity index (χ3v) is 7.02. The minimum absolute atomic E-state index is 0.225. The van der Waals surface area contributed by atoms with Crippen LogP contribution in [0, 0.1) is 0 Å². The molecule has 8 nitrogen and oxygen atoms in total. The lowest BCUT2D eigenvalue weighted by atomic mass is 10.3. The van der Waals surface area contributed by atoms with Gasteiger partial charge >= 0.3 is 5.97 Å². The van der Waals surface area contributed by atoms with Crippen LogP contribution in [0.5, 0.6) is 0 Å². The molecule has 2 aliphatic heterocycles. The van der Waals surface area contributed by atoms with Gasteiger partial charge in [-0.3, -0.25) is 14.5 Å². The van der Waals surface area contributed by atoms with Crippen molar-refractivity contribution in [3.05, 3.63) is 34.2 Å². The Morgan fingerprint density at radius 2 is 2.00 bits per heavy atom. The van der Waals surface area contributed by atoms with Crippen LogP contribution in [-0.4, -0.2) is 75.2 Å². The number of unbranched alkanes of at least 4 members (excludes halogenated alkanes) is 1. The molecular formula is C16H19N2O6S4-. The molecule has 1 amide bonds. The molecular weight excluding hydrogens is 444 g/mol. The highest BCUT2D eigenvalue weighted by Crippen LogP contribution is 2.31. The van der Waals surface area contributed by atoms with E-state index in [1.165, 1.54) is 0 Å². The third kappa shape index (κ3) is 7.24. The van der Waals surface area contributed by atoms with Crippen molar-refractivity contribution in [2.75, 3.05) is 31.1 Å². The fraction of sp³-hybridized carbons (Fsp3) is 0.438. The predicted octanol–water partition coefficient (Wildman–Crippen LogP) is 1.59. The summed E-state index contributed by atoms with van der Waals surface area (Å²) in [4.78, 5) is 26.5. The molecule has 0 aromatic carbocycles. The Morgan fingerprint density at radius 3 is 2.68 bits per heavy atom. The maximum absolute atomic E-state index is 12.1. The van der Waals surface area contributed by atoms with Gasteiger partial charge in [-0.25, -0.2) is 8.42 Å². The van der Waals surface area contributed by atoms with Crippen LogP contribution in [0.2, 0.25) is 0 Å². The zero-order valence-electron chi connectivity index (χ0n) is 14.8. The molecule has 0 aliphatic carbocycles. The molecule has 1 N–H and O–H groups in total. The molecule has 0 atom stereocenters. The third-order valence-electron chi connectivity index (χ3n) is 3.76. The first kappa shape index (κ1) is 22.9. The molecule has 0 aromatic rings. The maximum atomic E-state index is 12.1. The fourth-order valence-corrected chi connectivity index (χ4v) is 5.31. The molecule has 0 aromatic heterocycles. The SMILES string of the molecule is O=C(O)CN1C(=O)C(=CC=CC=C2SCCN2CCCCS(=O)(=O)[O-])SC1=S. The summed E-state index contributed by atoms with van der Waals surface area (Å²) in [6, 6.07) is 0. The smallest absolute Gasteiger partial charge is 0.323 e. The van der Waals surface area contributed by atoms with Gasteiger partial charge in [-0.15, -0.1) is 11.8 Å². The number of rotatable bonds is 9. The quantitative estimate of drug-likeness (QED) is 0.234. The Labute approximate surface area is 177 Å². The maximum Gasteiger partial charge on any atom is 0.323 e. The monoisotopic (exact) mass is 463 g/mol. The summed E-state index contributed by atoms with van der Waals surface area (Å²) in [6.45, 7) is 1.08. The minimum atomic E-state index is -4.16. The van der Waals surface area contributed by atoms with Gasteiger partial charge in [0.25, 0.3) is 5.91 Å². The van der Waals surface area contributed by atoms with Gasteiger partial charge in [-0.2, -0.15) is 0 Å². The molecule has 0 spiro atoms. The highest BCUT2D eigenvalue weighted by Gasteiger charge is 2.32. The Hall–Kier alpha value is -1.34. The summed E-state index contributed by atoms with van der Waals surface area (Å²) in [6.07, 6.45) is 7.94. The molecule has 0 radical (unpaired) electrons. The van der Waals surface area contributed by atoms with Gasteiger partial charge in [-0.05, 0) is 25.0 Å². The minimum Gasteiger partial charge on any atom is -0.748 e. The van der Waals surface area contributed by atoms with Gasteiger partial charge in [0.1, 0.15) is 10.9 Å². The van der Waals surface area contributed by atoms with E-state index in [1.807, 2.05) is 6.08 Å². The largest absolute Gasteiger partial charge is 0.748 e. The van der Waals surface area contributed by atoms with Crippen molar-refractivity contribution >= 4 is 62.1 Å². The molecule has 2 fully saturated rings. The van der Waals surface area contributed by atoms with Crippen molar-refractivity contribution in [3.63, 3.8) is 0 Å². The molecule has 0 bridgehead atoms. The number of carbonyl (C=O) groups is 2.